The minimum Gasteiger partial charge on any atom is -0.493 e. The number of para-hydroxylation sites is 1. The van der Waals surface area contributed by atoms with Crippen LogP contribution in [0.25, 0.3) is 0 Å². The third kappa shape index (κ3) is 4.36. The lowest BCUT2D eigenvalue weighted by Crippen LogP contribution is -2.36. The van der Waals surface area contributed by atoms with E-state index in [-0.39, 0.29) is 25.0 Å². The molecule has 112 valence electrons. The van der Waals surface area contributed by atoms with Crippen molar-refractivity contribution >= 4 is 5.91 Å². The number of benzene rings is 1. The molecular weight excluding hydrogens is 270 g/mol. The Morgan fingerprint density at radius 3 is 2.67 bits per heavy atom. The Morgan fingerprint density at radius 1 is 1.29 bits per heavy atom. The molecule has 0 radical (unpaired) electrons. The van der Waals surface area contributed by atoms with Gasteiger partial charge in [-0.2, -0.15) is 0 Å². The van der Waals surface area contributed by atoms with E-state index in [9.17, 15) is 9.90 Å². The molecule has 2 atom stereocenters. The molecule has 1 amide bonds. The summed E-state index contributed by atoms with van der Waals surface area (Å²) in [5.41, 5.74) is 0. The fourth-order valence-electron chi connectivity index (χ4n) is 1.82. The van der Waals surface area contributed by atoms with Crippen molar-refractivity contribution in [1.29, 1.82) is 0 Å². The number of carbonyl (C=O) groups excluding carboxylic acids is 1. The van der Waals surface area contributed by atoms with Crippen LogP contribution in [-0.2, 0) is 4.79 Å². The monoisotopic (exact) mass is 289 g/mol. The van der Waals surface area contributed by atoms with Crippen molar-refractivity contribution < 1.29 is 19.1 Å². The number of ether oxygens (including phenoxy) is 1. The SMILES string of the molecule is CC(COc1ccccc1)C(=O)NC(CO)c1ccco1. The molecule has 2 aromatic rings. The summed E-state index contributed by atoms with van der Waals surface area (Å²) in [6, 6.07) is 12.2. The minimum absolute atomic E-state index is 0.193. The number of hydrogen-bond donors (Lipinski definition) is 2. The highest BCUT2D eigenvalue weighted by Crippen LogP contribution is 2.14. The number of aliphatic hydroxyl groups excluding tert-OH is 1. The van der Waals surface area contributed by atoms with Crippen LogP contribution >= 0.6 is 0 Å². The molecule has 5 heteroatoms. The van der Waals surface area contributed by atoms with E-state index in [4.69, 9.17) is 9.15 Å². The Kier molecular flexibility index (Phi) is 5.40. The van der Waals surface area contributed by atoms with E-state index in [1.54, 1.807) is 19.1 Å². The second kappa shape index (κ2) is 7.50. The van der Waals surface area contributed by atoms with Crippen LogP contribution in [0.5, 0.6) is 5.75 Å². The molecule has 0 saturated carbocycles. The van der Waals surface area contributed by atoms with Gasteiger partial charge < -0.3 is 19.6 Å². The zero-order chi connectivity index (χ0) is 15.1. The Bertz CT molecular complexity index is 539. The number of carbonyl (C=O) groups is 1. The van der Waals surface area contributed by atoms with Crippen LogP contribution < -0.4 is 10.1 Å². The molecule has 1 heterocycles. The molecule has 0 bridgehead atoms. The lowest BCUT2D eigenvalue weighted by atomic mass is 10.1. The van der Waals surface area contributed by atoms with Gasteiger partial charge in [0.05, 0.1) is 25.4 Å². The molecule has 1 aromatic heterocycles. The predicted octanol–water partition coefficient (Wildman–Crippen LogP) is 2.14. The summed E-state index contributed by atoms with van der Waals surface area (Å²) in [7, 11) is 0. The van der Waals surface area contributed by atoms with Crippen molar-refractivity contribution in [1.82, 2.24) is 5.32 Å². The second-order valence-corrected chi connectivity index (χ2v) is 4.78. The summed E-state index contributed by atoms with van der Waals surface area (Å²) in [4.78, 5) is 12.1. The Labute approximate surface area is 123 Å². The summed E-state index contributed by atoms with van der Waals surface area (Å²) in [5.74, 6) is 0.722. The molecule has 0 saturated heterocycles. The number of nitrogens with one attached hydrogen (secondary N) is 1. The van der Waals surface area contributed by atoms with Crippen LogP contribution in [-0.4, -0.2) is 24.2 Å². The van der Waals surface area contributed by atoms with Gasteiger partial charge in [0, 0.05) is 0 Å². The fraction of sp³-hybridized carbons (Fsp3) is 0.312. The molecule has 0 aliphatic rings. The molecule has 5 nitrogen and oxygen atoms in total. The average molecular weight is 289 g/mol. The third-order valence-corrected chi connectivity index (χ3v) is 3.08. The van der Waals surface area contributed by atoms with E-state index in [1.165, 1.54) is 6.26 Å². The topological polar surface area (TPSA) is 71.7 Å². The largest absolute Gasteiger partial charge is 0.493 e. The van der Waals surface area contributed by atoms with E-state index in [2.05, 4.69) is 5.32 Å². The first kappa shape index (κ1) is 15.1. The lowest BCUT2D eigenvalue weighted by Gasteiger charge is -2.18. The lowest BCUT2D eigenvalue weighted by molar-refractivity contribution is -0.126. The fourth-order valence-corrected chi connectivity index (χ4v) is 1.82. The van der Waals surface area contributed by atoms with Gasteiger partial charge in [0.15, 0.2) is 0 Å². The maximum absolute atomic E-state index is 12.1. The highest BCUT2D eigenvalue weighted by molar-refractivity contribution is 5.78. The molecule has 0 aliphatic carbocycles. The van der Waals surface area contributed by atoms with Crippen molar-refractivity contribution in [3.63, 3.8) is 0 Å². The maximum atomic E-state index is 12.1. The van der Waals surface area contributed by atoms with Crippen LogP contribution in [0.4, 0.5) is 0 Å². The zero-order valence-corrected chi connectivity index (χ0v) is 11.9. The van der Waals surface area contributed by atoms with Gasteiger partial charge >= 0.3 is 0 Å². The first-order valence-electron chi connectivity index (χ1n) is 6.83. The summed E-state index contributed by atoms with van der Waals surface area (Å²) < 4.78 is 10.7. The number of rotatable bonds is 7. The number of amides is 1. The van der Waals surface area contributed by atoms with Gasteiger partial charge in [-0.05, 0) is 24.3 Å². The summed E-state index contributed by atoms with van der Waals surface area (Å²) in [6.07, 6.45) is 1.51. The van der Waals surface area contributed by atoms with Crippen LogP contribution in [0.2, 0.25) is 0 Å². The van der Waals surface area contributed by atoms with Crippen LogP contribution in [0.3, 0.4) is 0 Å². The highest BCUT2D eigenvalue weighted by Gasteiger charge is 2.20. The Morgan fingerprint density at radius 2 is 2.05 bits per heavy atom. The number of furan rings is 1. The molecule has 0 spiro atoms. The van der Waals surface area contributed by atoms with Crippen molar-refractivity contribution in [2.75, 3.05) is 13.2 Å². The van der Waals surface area contributed by atoms with Gasteiger partial charge in [0.1, 0.15) is 17.6 Å². The predicted molar refractivity (Wildman–Crippen MR) is 77.8 cm³/mol. The van der Waals surface area contributed by atoms with Crippen LogP contribution in [0.15, 0.2) is 53.1 Å². The third-order valence-electron chi connectivity index (χ3n) is 3.08. The van der Waals surface area contributed by atoms with Gasteiger partial charge in [-0.25, -0.2) is 0 Å². The summed E-state index contributed by atoms with van der Waals surface area (Å²) >= 11 is 0. The van der Waals surface area contributed by atoms with Gasteiger partial charge in [0.25, 0.3) is 0 Å². The molecule has 21 heavy (non-hydrogen) atoms. The molecule has 0 aliphatic heterocycles. The van der Waals surface area contributed by atoms with Gasteiger partial charge in [-0.3, -0.25) is 4.79 Å². The second-order valence-electron chi connectivity index (χ2n) is 4.78. The quantitative estimate of drug-likeness (QED) is 0.819. The van der Waals surface area contributed by atoms with Crippen LogP contribution in [0, 0.1) is 5.92 Å². The minimum atomic E-state index is -0.535. The maximum Gasteiger partial charge on any atom is 0.226 e. The van der Waals surface area contributed by atoms with Gasteiger partial charge in [-0.15, -0.1) is 0 Å². The molecule has 2 unspecified atom stereocenters. The number of aliphatic hydroxyl groups is 1. The normalized spacial score (nSPS) is 13.4. The van der Waals surface area contributed by atoms with E-state index in [0.717, 1.165) is 5.75 Å². The Balaban J connectivity index is 1.84. The zero-order valence-electron chi connectivity index (χ0n) is 11.9. The summed E-state index contributed by atoms with van der Waals surface area (Å²) in [5, 5.41) is 12.1. The smallest absolute Gasteiger partial charge is 0.226 e. The molecular formula is C16H19NO4. The van der Waals surface area contributed by atoms with Crippen LogP contribution in [0.1, 0.15) is 18.7 Å². The van der Waals surface area contributed by atoms with E-state index in [1.807, 2.05) is 30.3 Å². The average Bonchev–Trinajstić information content (AvgIpc) is 3.05. The van der Waals surface area contributed by atoms with Crippen molar-refractivity contribution in [3.05, 3.63) is 54.5 Å². The Hall–Kier alpha value is -2.27. The first-order chi connectivity index (χ1) is 10.2. The first-order valence-corrected chi connectivity index (χ1v) is 6.83. The molecule has 0 fully saturated rings. The van der Waals surface area contributed by atoms with Crippen molar-refractivity contribution in [3.8, 4) is 5.75 Å². The van der Waals surface area contributed by atoms with E-state index in [0.29, 0.717) is 5.76 Å². The van der Waals surface area contributed by atoms with E-state index < -0.39 is 6.04 Å². The van der Waals surface area contributed by atoms with E-state index >= 15 is 0 Å². The van der Waals surface area contributed by atoms with Crippen molar-refractivity contribution in [2.45, 2.75) is 13.0 Å². The highest BCUT2D eigenvalue weighted by atomic mass is 16.5. The van der Waals surface area contributed by atoms with Crippen molar-refractivity contribution in [2.24, 2.45) is 5.92 Å². The molecule has 1 aromatic carbocycles. The number of hydrogen-bond acceptors (Lipinski definition) is 4. The van der Waals surface area contributed by atoms with Gasteiger partial charge in [0.2, 0.25) is 5.91 Å². The standard InChI is InChI=1S/C16H19NO4/c1-12(11-21-13-6-3-2-4-7-13)16(19)17-14(10-18)15-8-5-9-20-15/h2-9,12,14,18H,10-11H2,1H3,(H,17,19). The van der Waals surface area contributed by atoms with Gasteiger partial charge in [-0.1, -0.05) is 25.1 Å². The molecule has 2 N–H and O–H groups in total. The summed E-state index contributed by atoms with van der Waals surface area (Å²) in [6.45, 7) is 1.83. The molecule has 2 rings (SSSR count).